The minimum atomic E-state index is -0.974. The number of anilines is 1. The van der Waals surface area contributed by atoms with Gasteiger partial charge in [0.15, 0.2) is 5.82 Å². The summed E-state index contributed by atoms with van der Waals surface area (Å²) in [6.07, 6.45) is 1.16. The summed E-state index contributed by atoms with van der Waals surface area (Å²) in [5.74, 6) is -0.227. The van der Waals surface area contributed by atoms with Gasteiger partial charge in [-0.25, -0.2) is 9.18 Å². The van der Waals surface area contributed by atoms with Crippen LogP contribution in [0.4, 0.5) is 15.0 Å². The molecule has 2 aliphatic heterocycles. The number of hydrogen-bond acceptors (Lipinski definition) is 6. The third-order valence-electron chi connectivity index (χ3n) is 5.38. The first kappa shape index (κ1) is 20.4. The largest absolute Gasteiger partial charge is 0.465 e. The lowest BCUT2D eigenvalue weighted by molar-refractivity contribution is 0.111. The van der Waals surface area contributed by atoms with Crippen molar-refractivity contribution in [3.8, 4) is 6.01 Å². The third-order valence-corrected chi connectivity index (χ3v) is 6.68. The van der Waals surface area contributed by atoms with Crippen LogP contribution in [0.5, 0.6) is 6.01 Å². The van der Waals surface area contributed by atoms with Crippen LogP contribution in [0.15, 0.2) is 10.5 Å². The van der Waals surface area contributed by atoms with Gasteiger partial charge < -0.3 is 25.0 Å². The fourth-order valence-corrected chi connectivity index (χ4v) is 4.10. The van der Waals surface area contributed by atoms with Gasteiger partial charge in [-0.1, -0.05) is 11.6 Å². The van der Waals surface area contributed by atoms with Gasteiger partial charge in [-0.15, -0.1) is 0 Å². The summed E-state index contributed by atoms with van der Waals surface area (Å²) in [7, 11) is 2.04. The first-order valence-corrected chi connectivity index (χ1v) is 10.4. The van der Waals surface area contributed by atoms with Crippen molar-refractivity contribution in [2.75, 3.05) is 38.6 Å². The zero-order valence-corrected chi connectivity index (χ0v) is 18.0. The fourth-order valence-electron chi connectivity index (χ4n) is 3.61. The van der Waals surface area contributed by atoms with Crippen LogP contribution >= 0.6 is 27.5 Å². The van der Waals surface area contributed by atoms with Crippen molar-refractivity contribution in [3.63, 3.8) is 0 Å². The molecule has 1 aromatic heterocycles. The van der Waals surface area contributed by atoms with E-state index in [1.807, 2.05) is 7.05 Å². The average molecular weight is 489 g/mol. The molecule has 0 saturated carbocycles. The number of amides is 1. The van der Waals surface area contributed by atoms with Crippen molar-refractivity contribution in [2.24, 2.45) is 0 Å². The van der Waals surface area contributed by atoms with Gasteiger partial charge in [0.05, 0.1) is 15.5 Å². The van der Waals surface area contributed by atoms with E-state index in [1.54, 1.807) is 6.07 Å². The van der Waals surface area contributed by atoms with Gasteiger partial charge >= 0.3 is 12.1 Å². The molecule has 156 valence electrons. The maximum absolute atomic E-state index is 14.8. The van der Waals surface area contributed by atoms with E-state index in [0.29, 0.717) is 30.9 Å². The van der Waals surface area contributed by atoms with E-state index in [4.69, 9.17) is 21.4 Å². The third kappa shape index (κ3) is 4.06. The molecule has 0 bridgehead atoms. The van der Waals surface area contributed by atoms with Crippen LogP contribution in [0.1, 0.15) is 12.8 Å². The zero-order valence-electron chi connectivity index (χ0n) is 15.7. The van der Waals surface area contributed by atoms with Crippen molar-refractivity contribution in [2.45, 2.75) is 24.9 Å². The molecule has 2 aliphatic rings. The maximum atomic E-state index is 14.8. The van der Waals surface area contributed by atoms with Gasteiger partial charge in [-0.3, -0.25) is 0 Å². The van der Waals surface area contributed by atoms with Gasteiger partial charge in [-0.05, 0) is 48.4 Å². The van der Waals surface area contributed by atoms with Crippen molar-refractivity contribution in [1.29, 1.82) is 0 Å². The van der Waals surface area contributed by atoms with Crippen molar-refractivity contribution in [1.82, 2.24) is 19.8 Å². The standard InChI is InChI=1S/C18H20BrClFN5O3/c1-25-4-2-3-10(25)8-29-17-23-15-11(5-12(20)13(19)14(15)21)16(24-17)22-9-6-26(7-9)18(27)28/h5,9-10H,2-4,6-8H2,1H3,(H,27,28)(H,22,23,24)/t10-/m0/s1. The Labute approximate surface area is 180 Å². The van der Waals surface area contributed by atoms with Crippen LogP contribution in [-0.2, 0) is 0 Å². The molecule has 4 rings (SSSR count). The van der Waals surface area contributed by atoms with Crippen LogP contribution < -0.4 is 10.1 Å². The molecule has 0 radical (unpaired) electrons. The Morgan fingerprint density at radius 3 is 2.90 bits per heavy atom. The number of ether oxygens (including phenoxy) is 1. The summed E-state index contributed by atoms with van der Waals surface area (Å²) in [6, 6.07) is 1.78. The second-order valence-corrected chi connectivity index (χ2v) is 8.55. The molecule has 0 aliphatic carbocycles. The number of nitrogens with zero attached hydrogens (tertiary/aromatic N) is 4. The van der Waals surface area contributed by atoms with Gasteiger partial charge in [0.2, 0.25) is 0 Å². The number of likely N-dealkylation sites (tertiary alicyclic amines) is 2. The number of carbonyl (C=O) groups is 1. The summed E-state index contributed by atoms with van der Waals surface area (Å²) in [4.78, 5) is 23.2. The van der Waals surface area contributed by atoms with E-state index in [9.17, 15) is 9.18 Å². The van der Waals surface area contributed by atoms with Crippen LogP contribution in [0.2, 0.25) is 5.02 Å². The highest BCUT2D eigenvalue weighted by Gasteiger charge is 2.31. The van der Waals surface area contributed by atoms with Crippen LogP contribution in [0.3, 0.4) is 0 Å². The quantitative estimate of drug-likeness (QED) is 0.623. The molecule has 0 unspecified atom stereocenters. The van der Waals surface area contributed by atoms with Crippen LogP contribution in [0, 0.1) is 5.82 Å². The summed E-state index contributed by atoms with van der Waals surface area (Å²) < 4.78 is 20.8. The first-order valence-electron chi connectivity index (χ1n) is 9.26. The second kappa shape index (κ2) is 8.08. The first-order chi connectivity index (χ1) is 13.8. The number of nitrogens with one attached hydrogen (secondary N) is 1. The number of likely N-dealkylation sites (N-methyl/N-ethyl adjacent to an activating group) is 1. The van der Waals surface area contributed by atoms with Gasteiger partial charge in [0.25, 0.3) is 0 Å². The topological polar surface area (TPSA) is 90.8 Å². The highest BCUT2D eigenvalue weighted by atomic mass is 79.9. The molecule has 1 atom stereocenters. The zero-order chi connectivity index (χ0) is 20.7. The molecule has 0 spiro atoms. The fraction of sp³-hybridized carbons (Fsp3) is 0.500. The molecule has 2 fully saturated rings. The van der Waals surface area contributed by atoms with E-state index < -0.39 is 11.9 Å². The molecule has 2 N–H and O–H groups in total. The molecule has 8 nitrogen and oxygen atoms in total. The number of fused-ring (bicyclic) bond motifs is 1. The molecule has 2 aromatic rings. The molecular formula is C18H20BrClFN5O3. The Morgan fingerprint density at radius 1 is 1.48 bits per heavy atom. The molecule has 3 heterocycles. The number of carboxylic acid groups (broad SMARTS) is 1. The molecule has 1 aromatic carbocycles. The lowest BCUT2D eigenvalue weighted by Gasteiger charge is -2.37. The lowest BCUT2D eigenvalue weighted by Crippen LogP contribution is -2.56. The molecular weight excluding hydrogens is 469 g/mol. The smallest absolute Gasteiger partial charge is 0.407 e. The van der Waals surface area contributed by atoms with Crippen molar-refractivity contribution in [3.05, 3.63) is 21.4 Å². The highest BCUT2D eigenvalue weighted by molar-refractivity contribution is 9.10. The highest BCUT2D eigenvalue weighted by Crippen LogP contribution is 2.35. The monoisotopic (exact) mass is 487 g/mol. The van der Waals surface area contributed by atoms with Crippen molar-refractivity contribution >= 4 is 50.3 Å². The van der Waals surface area contributed by atoms with E-state index in [-0.39, 0.29) is 33.1 Å². The summed E-state index contributed by atoms with van der Waals surface area (Å²) in [5.41, 5.74) is 0.0861. The SMILES string of the molecule is CN1CCC[C@H]1COc1nc(NC2CN(C(=O)O)C2)c2cc(Cl)c(Br)c(F)c2n1. The maximum Gasteiger partial charge on any atom is 0.407 e. The average Bonchev–Trinajstić information content (AvgIpc) is 3.06. The van der Waals surface area contributed by atoms with Crippen molar-refractivity contribution < 1.29 is 19.0 Å². The normalized spacial score (nSPS) is 20.1. The second-order valence-electron chi connectivity index (χ2n) is 7.35. The molecule has 2 saturated heterocycles. The molecule has 11 heteroatoms. The minimum absolute atomic E-state index is 0.0721. The van der Waals surface area contributed by atoms with E-state index >= 15 is 0 Å². The number of hydrogen-bond donors (Lipinski definition) is 2. The Kier molecular flexibility index (Phi) is 5.67. The van der Waals surface area contributed by atoms with E-state index in [0.717, 1.165) is 19.4 Å². The van der Waals surface area contributed by atoms with Crippen LogP contribution in [-0.4, -0.2) is 76.3 Å². The Bertz CT molecular complexity index is 959. The molecule has 1 amide bonds. The predicted molar refractivity (Wildman–Crippen MR) is 110 cm³/mol. The summed E-state index contributed by atoms with van der Waals surface area (Å²) >= 11 is 9.27. The summed E-state index contributed by atoms with van der Waals surface area (Å²) in [5, 5.41) is 12.8. The summed E-state index contributed by atoms with van der Waals surface area (Å²) in [6.45, 7) is 2.06. The lowest BCUT2D eigenvalue weighted by atomic mass is 10.1. The van der Waals surface area contributed by atoms with Crippen LogP contribution in [0.25, 0.3) is 10.9 Å². The number of aromatic nitrogens is 2. The van der Waals surface area contributed by atoms with Gasteiger partial charge in [0.1, 0.15) is 17.9 Å². The van der Waals surface area contributed by atoms with E-state index in [2.05, 4.69) is 36.1 Å². The minimum Gasteiger partial charge on any atom is -0.465 e. The Hall–Kier alpha value is -1.91. The number of benzene rings is 1. The molecule has 29 heavy (non-hydrogen) atoms. The van der Waals surface area contributed by atoms with Gasteiger partial charge in [-0.2, -0.15) is 9.97 Å². The van der Waals surface area contributed by atoms with E-state index in [1.165, 1.54) is 4.90 Å². The van der Waals surface area contributed by atoms with Gasteiger partial charge in [0, 0.05) is 24.5 Å². The predicted octanol–water partition coefficient (Wildman–Crippen LogP) is 3.43. The number of rotatable bonds is 5. The number of halogens is 3. The Morgan fingerprint density at radius 2 is 2.24 bits per heavy atom. The Balaban J connectivity index is 1.63.